The SMILES string of the molecule is Cc1ccc(C2(c3ccc(C)cc3)NC(=O)N(CCCN3CCN(c4ccccc4C(N)=O)CC3)C2=O)cc1.Cl.Cl. The smallest absolute Gasteiger partial charge is 0.325 e. The van der Waals surface area contributed by atoms with Crippen LogP contribution in [0.15, 0.2) is 72.8 Å². The zero-order valence-corrected chi connectivity index (χ0v) is 25.0. The van der Waals surface area contributed by atoms with Gasteiger partial charge in [-0.05, 0) is 50.1 Å². The number of para-hydroxylation sites is 1. The Morgan fingerprint density at radius 3 is 1.88 bits per heavy atom. The third-order valence-corrected chi connectivity index (χ3v) is 7.81. The Balaban J connectivity index is 0.00000231. The van der Waals surface area contributed by atoms with Crippen molar-refractivity contribution < 1.29 is 14.4 Å². The third kappa shape index (κ3) is 6.35. The largest absolute Gasteiger partial charge is 0.368 e. The minimum Gasteiger partial charge on any atom is -0.368 e. The number of halogens is 2. The number of imide groups is 1. The van der Waals surface area contributed by atoms with E-state index in [0.717, 1.165) is 60.7 Å². The number of nitrogens with one attached hydrogen (secondary N) is 1. The lowest BCUT2D eigenvalue weighted by Gasteiger charge is -2.36. The Kier molecular flexibility index (Phi) is 10.4. The van der Waals surface area contributed by atoms with Crippen LogP contribution in [0.1, 0.15) is 39.0 Å². The van der Waals surface area contributed by atoms with E-state index >= 15 is 0 Å². The van der Waals surface area contributed by atoms with Gasteiger partial charge in [0.1, 0.15) is 0 Å². The van der Waals surface area contributed by atoms with Crippen LogP contribution in [-0.4, -0.2) is 66.9 Å². The van der Waals surface area contributed by atoms with Gasteiger partial charge in [-0.1, -0.05) is 71.8 Å². The van der Waals surface area contributed by atoms with Crippen LogP contribution in [0.5, 0.6) is 0 Å². The number of piperazine rings is 1. The van der Waals surface area contributed by atoms with Crippen LogP contribution in [0.3, 0.4) is 0 Å². The molecule has 0 unspecified atom stereocenters. The summed E-state index contributed by atoms with van der Waals surface area (Å²) >= 11 is 0. The van der Waals surface area contributed by atoms with Crippen molar-refractivity contribution in [1.82, 2.24) is 15.1 Å². The standard InChI is InChI=1S/C31H35N5O3.2ClH/c1-22-8-12-24(13-9-22)31(25-14-10-23(2)11-15-25)29(38)36(30(39)33-31)17-5-16-34-18-20-35(21-19-34)27-7-4-3-6-26(27)28(32)37;;/h3-4,6-15H,5,16-21H2,1-2H3,(H2,32,37)(H,33,39);2*1H. The minimum atomic E-state index is -1.24. The predicted molar refractivity (Wildman–Crippen MR) is 166 cm³/mol. The molecule has 41 heavy (non-hydrogen) atoms. The monoisotopic (exact) mass is 597 g/mol. The molecule has 218 valence electrons. The first-order valence-corrected chi connectivity index (χ1v) is 13.4. The van der Waals surface area contributed by atoms with Crippen LogP contribution >= 0.6 is 24.8 Å². The normalized spacial score (nSPS) is 16.5. The van der Waals surface area contributed by atoms with E-state index in [1.165, 1.54) is 4.90 Å². The summed E-state index contributed by atoms with van der Waals surface area (Å²) in [5.41, 5.74) is 9.41. The summed E-state index contributed by atoms with van der Waals surface area (Å²) in [7, 11) is 0. The highest BCUT2D eigenvalue weighted by molar-refractivity contribution is 6.09. The quantitative estimate of drug-likeness (QED) is 0.378. The molecule has 0 radical (unpaired) electrons. The number of carbonyl (C=O) groups is 3. The average molecular weight is 599 g/mol. The summed E-state index contributed by atoms with van der Waals surface area (Å²) in [5.74, 6) is -0.665. The van der Waals surface area contributed by atoms with Crippen molar-refractivity contribution >= 4 is 48.3 Å². The first-order valence-electron chi connectivity index (χ1n) is 13.4. The minimum absolute atomic E-state index is 0. The van der Waals surface area contributed by atoms with Crippen LogP contribution in [0, 0.1) is 13.8 Å². The van der Waals surface area contributed by atoms with Gasteiger partial charge in [-0.2, -0.15) is 0 Å². The Bertz CT molecular complexity index is 1330. The second-order valence-electron chi connectivity index (χ2n) is 10.4. The van der Waals surface area contributed by atoms with E-state index in [9.17, 15) is 14.4 Å². The van der Waals surface area contributed by atoms with Crippen LogP contribution in [-0.2, 0) is 10.3 Å². The van der Waals surface area contributed by atoms with E-state index in [1.807, 2.05) is 80.6 Å². The fraction of sp³-hybridized carbons (Fsp3) is 0.323. The van der Waals surface area contributed by atoms with Gasteiger partial charge in [0.25, 0.3) is 11.8 Å². The van der Waals surface area contributed by atoms with Gasteiger partial charge in [0.2, 0.25) is 0 Å². The number of urea groups is 1. The van der Waals surface area contributed by atoms with Gasteiger partial charge in [0, 0.05) is 38.4 Å². The van der Waals surface area contributed by atoms with E-state index < -0.39 is 11.4 Å². The maximum Gasteiger partial charge on any atom is 0.325 e. The average Bonchev–Trinajstić information content (AvgIpc) is 3.20. The Hall–Kier alpha value is -3.59. The molecule has 0 aliphatic carbocycles. The molecule has 3 N–H and O–H groups in total. The fourth-order valence-electron chi connectivity index (χ4n) is 5.57. The molecule has 2 aliphatic rings. The number of hydrogen-bond donors (Lipinski definition) is 2. The van der Waals surface area contributed by atoms with E-state index in [4.69, 9.17) is 5.73 Å². The molecule has 4 amide bonds. The number of nitrogens with two attached hydrogens (primary N) is 1. The van der Waals surface area contributed by atoms with Crippen molar-refractivity contribution in [3.05, 3.63) is 101 Å². The zero-order valence-electron chi connectivity index (χ0n) is 23.3. The van der Waals surface area contributed by atoms with Crippen molar-refractivity contribution in [2.45, 2.75) is 25.8 Å². The second kappa shape index (κ2) is 13.4. The fourth-order valence-corrected chi connectivity index (χ4v) is 5.57. The number of benzene rings is 3. The van der Waals surface area contributed by atoms with Crippen LogP contribution in [0.4, 0.5) is 10.5 Å². The summed E-state index contributed by atoms with van der Waals surface area (Å²) in [5, 5.41) is 3.04. The predicted octanol–water partition coefficient (Wildman–Crippen LogP) is 4.25. The molecular weight excluding hydrogens is 561 g/mol. The molecule has 2 saturated heterocycles. The summed E-state index contributed by atoms with van der Waals surface area (Å²) in [6, 6.07) is 22.6. The molecule has 2 fully saturated rings. The summed E-state index contributed by atoms with van der Waals surface area (Å²) in [4.78, 5) is 44.8. The molecular formula is C31H37Cl2N5O3. The van der Waals surface area contributed by atoms with Crippen molar-refractivity contribution in [3.8, 4) is 0 Å². The van der Waals surface area contributed by atoms with Crippen molar-refractivity contribution in [3.63, 3.8) is 0 Å². The third-order valence-electron chi connectivity index (χ3n) is 7.81. The Morgan fingerprint density at radius 2 is 1.34 bits per heavy atom. The van der Waals surface area contributed by atoms with E-state index in [0.29, 0.717) is 18.5 Å². The van der Waals surface area contributed by atoms with E-state index in [2.05, 4.69) is 15.1 Å². The topological polar surface area (TPSA) is 99.0 Å². The molecule has 5 rings (SSSR count). The molecule has 0 atom stereocenters. The number of amides is 4. The van der Waals surface area contributed by atoms with Crippen LogP contribution < -0.4 is 16.0 Å². The molecule has 0 bridgehead atoms. The van der Waals surface area contributed by atoms with Crippen molar-refractivity contribution in [2.75, 3.05) is 44.2 Å². The first kappa shape index (κ1) is 31.9. The summed E-state index contributed by atoms with van der Waals surface area (Å²) in [6.45, 7) is 8.31. The van der Waals surface area contributed by atoms with Gasteiger partial charge in [0.15, 0.2) is 5.54 Å². The van der Waals surface area contributed by atoms with Gasteiger partial charge < -0.3 is 16.0 Å². The number of rotatable bonds is 8. The molecule has 2 aliphatic heterocycles. The highest BCUT2D eigenvalue weighted by Gasteiger charge is 2.53. The van der Waals surface area contributed by atoms with Crippen LogP contribution in [0.2, 0.25) is 0 Å². The second-order valence-corrected chi connectivity index (χ2v) is 10.4. The zero-order chi connectivity index (χ0) is 27.6. The van der Waals surface area contributed by atoms with Gasteiger partial charge in [-0.25, -0.2) is 4.79 Å². The number of nitrogens with zero attached hydrogens (tertiary/aromatic N) is 3. The molecule has 3 aromatic carbocycles. The lowest BCUT2D eigenvalue weighted by molar-refractivity contribution is -0.130. The van der Waals surface area contributed by atoms with Crippen LogP contribution in [0.25, 0.3) is 0 Å². The molecule has 10 heteroatoms. The van der Waals surface area contributed by atoms with Gasteiger partial charge in [0.05, 0.1) is 5.56 Å². The van der Waals surface area contributed by atoms with Gasteiger partial charge in [-0.15, -0.1) is 24.8 Å². The molecule has 0 aromatic heterocycles. The highest BCUT2D eigenvalue weighted by atomic mass is 35.5. The molecule has 2 heterocycles. The first-order chi connectivity index (χ1) is 18.8. The number of hydrogen-bond acceptors (Lipinski definition) is 5. The summed E-state index contributed by atoms with van der Waals surface area (Å²) in [6.07, 6.45) is 0.676. The van der Waals surface area contributed by atoms with E-state index in [1.54, 1.807) is 6.07 Å². The number of aryl methyl sites for hydroxylation is 2. The highest BCUT2D eigenvalue weighted by Crippen LogP contribution is 2.36. The lowest BCUT2D eigenvalue weighted by atomic mass is 9.82. The molecule has 0 spiro atoms. The molecule has 8 nitrogen and oxygen atoms in total. The Morgan fingerprint density at radius 1 is 0.805 bits per heavy atom. The number of carbonyl (C=O) groups excluding carboxylic acids is 3. The van der Waals surface area contributed by atoms with E-state index in [-0.39, 0.29) is 36.8 Å². The van der Waals surface area contributed by atoms with Gasteiger partial charge >= 0.3 is 6.03 Å². The molecule has 0 saturated carbocycles. The maximum atomic E-state index is 14.0. The lowest BCUT2D eigenvalue weighted by Crippen LogP contribution is -2.47. The number of primary amides is 1. The van der Waals surface area contributed by atoms with Crippen molar-refractivity contribution in [2.24, 2.45) is 5.73 Å². The maximum absolute atomic E-state index is 14.0. The summed E-state index contributed by atoms with van der Waals surface area (Å²) < 4.78 is 0. The molecule has 3 aromatic rings. The van der Waals surface area contributed by atoms with Gasteiger partial charge in [-0.3, -0.25) is 19.4 Å². The van der Waals surface area contributed by atoms with Crippen molar-refractivity contribution in [1.29, 1.82) is 0 Å². The Labute approximate surface area is 253 Å². The number of anilines is 1.